The van der Waals surface area contributed by atoms with Crippen molar-refractivity contribution in [3.8, 4) is 11.6 Å². The Bertz CT molecular complexity index is 607. The Balaban J connectivity index is 2.34. The molecule has 0 aliphatic rings. The highest BCUT2D eigenvalue weighted by Gasteiger charge is 2.12. The number of anilines is 1. The number of nitrogens with zero attached hydrogens (tertiary/aromatic N) is 2. The molecule has 106 valence electrons. The molecule has 1 aromatic heterocycles. The van der Waals surface area contributed by atoms with Crippen molar-refractivity contribution < 1.29 is 4.74 Å². The normalized spacial score (nSPS) is 10.4. The van der Waals surface area contributed by atoms with Gasteiger partial charge in [-0.2, -0.15) is 0 Å². The van der Waals surface area contributed by atoms with E-state index in [0.29, 0.717) is 27.5 Å². The molecule has 0 saturated heterocycles. The van der Waals surface area contributed by atoms with E-state index in [1.54, 1.807) is 18.2 Å². The topological polar surface area (TPSA) is 73.1 Å². The van der Waals surface area contributed by atoms with E-state index >= 15 is 0 Å². The summed E-state index contributed by atoms with van der Waals surface area (Å²) in [4.78, 5) is 8.22. The summed E-state index contributed by atoms with van der Waals surface area (Å²) < 4.78 is 5.75. The van der Waals surface area contributed by atoms with Crippen LogP contribution in [-0.4, -0.2) is 9.97 Å². The number of hydrazine groups is 1. The highest BCUT2D eigenvalue weighted by Crippen LogP contribution is 2.31. The van der Waals surface area contributed by atoms with Gasteiger partial charge in [-0.1, -0.05) is 36.5 Å². The Morgan fingerprint density at radius 3 is 2.70 bits per heavy atom. The molecule has 1 aromatic carbocycles. The third-order valence-corrected chi connectivity index (χ3v) is 3.39. The number of rotatable bonds is 5. The van der Waals surface area contributed by atoms with Crippen molar-refractivity contribution in [1.82, 2.24) is 9.97 Å². The van der Waals surface area contributed by atoms with Gasteiger partial charge in [-0.3, -0.25) is 0 Å². The Hall–Kier alpha value is -1.56. The van der Waals surface area contributed by atoms with E-state index in [4.69, 9.17) is 33.8 Å². The van der Waals surface area contributed by atoms with Crippen molar-refractivity contribution in [3.63, 3.8) is 0 Å². The Morgan fingerprint density at radius 1 is 1.25 bits per heavy atom. The first-order valence-corrected chi connectivity index (χ1v) is 6.84. The van der Waals surface area contributed by atoms with Gasteiger partial charge in [0.05, 0.1) is 15.6 Å². The maximum Gasteiger partial charge on any atom is 0.227 e. The lowest BCUT2D eigenvalue weighted by Crippen LogP contribution is -2.12. The number of ether oxygens (including phenoxy) is 1. The van der Waals surface area contributed by atoms with Gasteiger partial charge in [0.2, 0.25) is 5.88 Å². The van der Waals surface area contributed by atoms with Gasteiger partial charge in [-0.15, -0.1) is 0 Å². The van der Waals surface area contributed by atoms with Crippen LogP contribution in [0.1, 0.15) is 18.9 Å². The number of aromatic nitrogens is 2. The number of nitrogen functional groups attached to an aromatic ring is 1. The molecule has 0 saturated carbocycles. The third-order valence-electron chi connectivity index (χ3n) is 2.65. The lowest BCUT2D eigenvalue weighted by Gasteiger charge is -2.12. The quantitative estimate of drug-likeness (QED) is 0.648. The van der Waals surface area contributed by atoms with E-state index in [9.17, 15) is 0 Å². The molecule has 1 heterocycles. The largest absolute Gasteiger partial charge is 0.438 e. The number of hydrogen-bond acceptors (Lipinski definition) is 5. The summed E-state index contributed by atoms with van der Waals surface area (Å²) in [5, 5.41) is 0.896. The van der Waals surface area contributed by atoms with Crippen molar-refractivity contribution in [2.24, 2.45) is 5.84 Å². The van der Waals surface area contributed by atoms with Gasteiger partial charge in [0.25, 0.3) is 0 Å². The molecular weight excluding hydrogens is 299 g/mol. The van der Waals surface area contributed by atoms with Crippen molar-refractivity contribution in [2.75, 3.05) is 5.43 Å². The van der Waals surface area contributed by atoms with Crippen LogP contribution in [0.3, 0.4) is 0 Å². The standard InChI is InChI=1S/C13H14Cl2N4O/c1-2-3-9-12(19-16)17-7-18-13(9)20-8-4-5-10(14)11(15)6-8/h4-7H,2-3,16H2,1H3,(H,17,18,19). The van der Waals surface area contributed by atoms with Gasteiger partial charge < -0.3 is 10.2 Å². The highest BCUT2D eigenvalue weighted by atomic mass is 35.5. The van der Waals surface area contributed by atoms with Crippen molar-refractivity contribution >= 4 is 29.0 Å². The average Bonchev–Trinajstić information content (AvgIpc) is 2.45. The van der Waals surface area contributed by atoms with E-state index < -0.39 is 0 Å². The summed E-state index contributed by atoms with van der Waals surface area (Å²) in [6, 6.07) is 5.03. The fraction of sp³-hybridized carbons (Fsp3) is 0.231. The predicted octanol–water partition coefficient (Wildman–Crippen LogP) is 3.81. The summed E-state index contributed by atoms with van der Waals surface area (Å²) in [7, 11) is 0. The Labute approximate surface area is 127 Å². The van der Waals surface area contributed by atoms with Crippen LogP contribution in [0.2, 0.25) is 10.0 Å². The van der Waals surface area contributed by atoms with Crippen LogP contribution in [-0.2, 0) is 6.42 Å². The van der Waals surface area contributed by atoms with E-state index in [0.717, 1.165) is 18.4 Å². The van der Waals surface area contributed by atoms with Gasteiger partial charge >= 0.3 is 0 Å². The van der Waals surface area contributed by atoms with Gasteiger partial charge in [-0.05, 0) is 18.6 Å². The molecule has 0 radical (unpaired) electrons. The molecule has 0 unspecified atom stereocenters. The molecule has 0 aliphatic heterocycles. The molecule has 0 bridgehead atoms. The Morgan fingerprint density at radius 2 is 2.05 bits per heavy atom. The van der Waals surface area contributed by atoms with Crippen LogP contribution in [0, 0.1) is 0 Å². The van der Waals surface area contributed by atoms with Crippen molar-refractivity contribution in [3.05, 3.63) is 40.1 Å². The van der Waals surface area contributed by atoms with Crippen molar-refractivity contribution in [1.29, 1.82) is 0 Å². The highest BCUT2D eigenvalue weighted by molar-refractivity contribution is 6.42. The maximum atomic E-state index is 5.96. The second kappa shape index (κ2) is 6.74. The molecule has 7 heteroatoms. The molecule has 0 spiro atoms. The number of benzene rings is 1. The number of hydrogen-bond donors (Lipinski definition) is 2. The minimum Gasteiger partial charge on any atom is -0.438 e. The lowest BCUT2D eigenvalue weighted by molar-refractivity contribution is 0.454. The van der Waals surface area contributed by atoms with Gasteiger partial charge in [0.1, 0.15) is 17.9 Å². The lowest BCUT2D eigenvalue weighted by atomic mass is 10.2. The third kappa shape index (κ3) is 3.30. The van der Waals surface area contributed by atoms with Gasteiger partial charge in [0.15, 0.2) is 0 Å². The second-order valence-corrected chi connectivity index (χ2v) is 4.89. The monoisotopic (exact) mass is 312 g/mol. The average molecular weight is 313 g/mol. The van der Waals surface area contributed by atoms with Gasteiger partial charge in [0, 0.05) is 6.07 Å². The summed E-state index contributed by atoms with van der Waals surface area (Å²) >= 11 is 11.8. The van der Waals surface area contributed by atoms with Crippen LogP contribution in [0.25, 0.3) is 0 Å². The van der Waals surface area contributed by atoms with E-state index in [1.165, 1.54) is 6.33 Å². The number of nitrogens with one attached hydrogen (secondary N) is 1. The van der Waals surface area contributed by atoms with Crippen LogP contribution in [0.4, 0.5) is 5.82 Å². The SMILES string of the molecule is CCCc1c(NN)ncnc1Oc1ccc(Cl)c(Cl)c1. The zero-order valence-electron chi connectivity index (χ0n) is 10.9. The molecule has 3 N–H and O–H groups in total. The van der Waals surface area contributed by atoms with Gasteiger partial charge in [-0.25, -0.2) is 15.8 Å². The fourth-order valence-electron chi connectivity index (χ4n) is 1.74. The molecule has 2 aromatic rings. The van der Waals surface area contributed by atoms with E-state index in [1.807, 2.05) is 0 Å². The van der Waals surface area contributed by atoms with E-state index in [-0.39, 0.29) is 0 Å². The molecule has 0 aliphatic carbocycles. The van der Waals surface area contributed by atoms with Crippen LogP contribution >= 0.6 is 23.2 Å². The summed E-state index contributed by atoms with van der Waals surface area (Å²) in [5.74, 6) is 7.01. The molecule has 20 heavy (non-hydrogen) atoms. The van der Waals surface area contributed by atoms with Crippen LogP contribution < -0.4 is 16.0 Å². The molecule has 2 rings (SSSR count). The van der Waals surface area contributed by atoms with Crippen LogP contribution in [0.15, 0.2) is 24.5 Å². The molecule has 5 nitrogen and oxygen atoms in total. The summed E-state index contributed by atoms with van der Waals surface area (Å²) in [6.45, 7) is 2.05. The predicted molar refractivity (Wildman–Crippen MR) is 80.4 cm³/mol. The number of nitrogens with two attached hydrogens (primary N) is 1. The first kappa shape index (κ1) is 14.8. The molecule has 0 amide bonds. The maximum absolute atomic E-state index is 5.96. The zero-order valence-corrected chi connectivity index (χ0v) is 12.4. The van der Waals surface area contributed by atoms with E-state index in [2.05, 4.69) is 22.3 Å². The smallest absolute Gasteiger partial charge is 0.227 e. The summed E-state index contributed by atoms with van der Waals surface area (Å²) in [6.07, 6.45) is 3.05. The zero-order chi connectivity index (χ0) is 14.5. The van der Waals surface area contributed by atoms with Crippen LogP contribution in [0.5, 0.6) is 11.6 Å². The first-order valence-electron chi connectivity index (χ1n) is 6.09. The van der Waals surface area contributed by atoms with Crippen molar-refractivity contribution in [2.45, 2.75) is 19.8 Å². The fourth-order valence-corrected chi connectivity index (χ4v) is 2.02. The molecule has 0 fully saturated rings. The summed E-state index contributed by atoms with van der Waals surface area (Å²) in [5.41, 5.74) is 3.37. The Kier molecular flexibility index (Phi) is 5.00. The minimum absolute atomic E-state index is 0.424. The minimum atomic E-state index is 0.424. The molecule has 0 atom stereocenters. The second-order valence-electron chi connectivity index (χ2n) is 4.08. The first-order chi connectivity index (χ1) is 9.65. The number of halogens is 2. The molecular formula is C13H14Cl2N4O.